The summed E-state index contributed by atoms with van der Waals surface area (Å²) in [5.74, 6) is -0.151. The van der Waals surface area contributed by atoms with Gasteiger partial charge in [-0.05, 0) is 57.1 Å². The van der Waals surface area contributed by atoms with Crippen LogP contribution in [-0.2, 0) is 4.79 Å². The van der Waals surface area contributed by atoms with Crippen LogP contribution in [-0.4, -0.2) is 47.2 Å². The summed E-state index contributed by atoms with van der Waals surface area (Å²) in [5, 5.41) is 16.5. The molecule has 1 aliphatic heterocycles. The highest BCUT2D eigenvalue weighted by Crippen LogP contribution is 2.48. The van der Waals surface area contributed by atoms with E-state index in [0.717, 1.165) is 38.5 Å². The van der Waals surface area contributed by atoms with E-state index in [1.165, 1.54) is 16.2 Å². The molecule has 0 spiro atoms. The van der Waals surface area contributed by atoms with Crippen LogP contribution in [0.2, 0.25) is 0 Å². The van der Waals surface area contributed by atoms with Crippen molar-refractivity contribution in [3.05, 3.63) is 29.8 Å². The molecule has 1 heterocycles. The smallest absolute Gasteiger partial charge is 0.237 e. The predicted molar refractivity (Wildman–Crippen MR) is 107 cm³/mol. The zero-order valence-electron chi connectivity index (χ0n) is 16.5. The maximum absolute atomic E-state index is 13.6. The number of nitrogens with zero attached hydrogens (tertiary/aromatic N) is 2. The van der Waals surface area contributed by atoms with Crippen molar-refractivity contribution in [1.29, 1.82) is 5.26 Å². The summed E-state index contributed by atoms with van der Waals surface area (Å²) < 4.78 is 13.6. The SMILES string of the molecule is Cc1ccccc1NC12CCC(NCC(=O)N3CC(F)CC3C#N)(CC1)CC2. The topological polar surface area (TPSA) is 68.2 Å². The number of hydrogen-bond acceptors (Lipinski definition) is 4. The number of nitriles is 1. The normalized spacial score (nSPS) is 34.2. The Morgan fingerprint density at radius 3 is 2.50 bits per heavy atom. The lowest BCUT2D eigenvalue weighted by Gasteiger charge is -2.54. The van der Waals surface area contributed by atoms with Crippen molar-refractivity contribution >= 4 is 11.6 Å². The van der Waals surface area contributed by atoms with E-state index >= 15 is 0 Å². The number of anilines is 1. The van der Waals surface area contributed by atoms with Crippen LogP contribution in [0.25, 0.3) is 0 Å². The molecule has 2 atom stereocenters. The summed E-state index contributed by atoms with van der Waals surface area (Å²) in [6.07, 6.45) is 5.41. The zero-order chi connectivity index (χ0) is 19.8. The second kappa shape index (κ2) is 7.36. The molecule has 4 fully saturated rings. The minimum atomic E-state index is -1.08. The van der Waals surface area contributed by atoms with Crippen LogP contribution in [0, 0.1) is 18.3 Å². The van der Waals surface area contributed by atoms with Crippen molar-refractivity contribution in [3.63, 3.8) is 0 Å². The van der Waals surface area contributed by atoms with E-state index in [1.807, 2.05) is 0 Å². The fourth-order valence-corrected chi connectivity index (χ4v) is 5.18. The van der Waals surface area contributed by atoms with Crippen molar-refractivity contribution in [1.82, 2.24) is 10.2 Å². The zero-order valence-corrected chi connectivity index (χ0v) is 16.5. The number of likely N-dealkylation sites (tertiary alicyclic amines) is 1. The highest BCUT2D eigenvalue weighted by molar-refractivity contribution is 5.79. The van der Waals surface area contributed by atoms with Gasteiger partial charge in [0.1, 0.15) is 12.2 Å². The fraction of sp³-hybridized carbons (Fsp3) is 0.636. The molecule has 2 unspecified atom stereocenters. The van der Waals surface area contributed by atoms with Crippen LogP contribution in [0.15, 0.2) is 24.3 Å². The number of hydrogen-bond donors (Lipinski definition) is 2. The van der Waals surface area contributed by atoms with Gasteiger partial charge in [-0.1, -0.05) is 18.2 Å². The summed E-state index contributed by atoms with van der Waals surface area (Å²) in [7, 11) is 0. The molecule has 3 aliphatic carbocycles. The molecule has 1 saturated heterocycles. The molecule has 2 bridgehead atoms. The maximum Gasteiger partial charge on any atom is 0.237 e. The van der Waals surface area contributed by atoms with E-state index in [1.54, 1.807) is 0 Å². The number of para-hydroxylation sites is 1. The first-order valence-corrected chi connectivity index (χ1v) is 10.4. The number of fused-ring (bicyclic) bond motifs is 3. The molecule has 4 aliphatic rings. The Balaban J connectivity index is 1.33. The maximum atomic E-state index is 13.6. The van der Waals surface area contributed by atoms with Gasteiger partial charge in [0.15, 0.2) is 0 Å². The van der Waals surface area contributed by atoms with E-state index in [9.17, 15) is 9.18 Å². The number of alkyl halides is 1. The van der Waals surface area contributed by atoms with Crippen molar-refractivity contribution in [2.24, 2.45) is 0 Å². The molecule has 5 nitrogen and oxygen atoms in total. The van der Waals surface area contributed by atoms with Crippen molar-refractivity contribution in [2.75, 3.05) is 18.4 Å². The van der Waals surface area contributed by atoms with Crippen LogP contribution in [0.4, 0.5) is 10.1 Å². The molecular formula is C22H29FN4O. The first-order chi connectivity index (χ1) is 13.4. The predicted octanol–water partition coefficient (Wildman–Crippen LogP) is 3.30. The number of rotatable bonds is 5. The number of amides is 1. The average Bonchev–Trinajstić information content (AvgIpc) is 3.10. The molecule has 1 aromatic carbocycles. The van der Waals surface area contributed by atoms with Gasteiger partial charge in [0, 0.05) is 23.2 Å². The highest BCUT2D eigenvalue weighted by Gasteiger charge is 2.49. The summed E-state index contributed by atoms with van der Waals surface area (Å²) in [5.41, 5.74) is 2.65. The minimum Gasteiger partial charge on any atom is -0.379 e. The summed E-state index contributed by atoms with van der Waals surface area (Å²) >= 11 is 0. The number of aryl methyl sites for hydroxylation is 1. The minimum absolute atomic E-state index is 0.00179. The van der Waals surface area contributed by atoms with Crippen LogP contribution >= 0.6 is 0 Å². The van der Waals surface area contributed by atoms with E-state index in [0.29, 0.717) is 0 Å². The van der Waals surface area contributed by atoms with Crippen molar-refractivity contribution in [3.8, 4) is 6.07 Å². The highest BCUT2D eigenvalue weighted by atomic mass is 19.1. The lowest BCUT2D eigenvalue weighted by Crippen LogP contribution is -2.61. The Morgan fingerprint density at radius 2 is 1.86 bits per heavy atom. The Hall–Kier alpha value is -2.13. The molecule has 0 aromatic heterocycles. The van der Waals surface area contributed by atoms with Crippen LogP contribution < -0.4 is 10.6 Å². The van der Waals surface area contributed by atoms with Gasteiger partial charge in [-0.2, -0.15) is 5.26 Å². The van der Waals surface area contributed by atoms with Gasteiger partial charge >= 0.3 is 0 Å². The second-order valence-electron chi connectivity index (χ2n) is 8.88. The number of benzene rings is 1. The number of nitrogens with one attached hydrogen (secondary N) is 2. The number of carbonyl (C=O) groups excluding carboxylic acids is 1. The molecule has 28 heavy (non-hydrogen) atoms. The average molecular weight is 384 g/mol. The molecule has 1 aromatic rings. The van der Waals surface area contributed by atoms with Gasteiger partial charge in [0.2, 0.25) is 5.91 Å². The molecule has 3 saturated carbocycles. The van der Waals surface area contributed by atoms with Gasteiger partial charge in [-0.3, -0.25) is 4.79 Å². The Kier molecular flexibility index (Phi) is 5.05. The Morgan fingerprint density at radius 1 is 1.21 bits per heavy atom. The third-order valence-electron chi connectivity index (χ3n) is 7.13. The summed E-state index contributed by atoms with van der Waals surface area (Å²) in [6.45, 7) is 2.38. The molecule has 150 valence electrons. The summed E-state index contributed by atoms with van der Waals surface area (Å²) in [4.78, 5) is 14.0. The van der Waals surface area contributed by atoms with Gasteiger partial charge in [0.05, 0.1) is 19.2 Å². The number of halogens is 1. The lowest BCUT2D eigenvalue weighted by molar-refractivity contribution is -0.131. The van der Waals surface area contributed by atoms with Crippen LogP contribution in [0.5, 0.6) is 0 Å². The third kappa shape index (κ3) is 3.60. The Labute approximate surface area is 166 Å². The van der Waals surface area contributed by atoms with E-state index in [2.05, 4.69) is 47.9 Å². The second-order valence-corrected chi connectivity index (χ2v) is 8.88. The molecule has 0 radical (unpaired) electrons. The van der Waals surface area contributed by atoms with Crippen LogP contribution in [0.3, 0.4) is 0 Å². The largest absolute Gasteiger partial charge is 0.379 e. The monoisotopic (exact) mass is 384 g/mol. The van der Waals surface area contributed by atoms with Gasteiger partial charge in [-0.15, -0.1) is 0 Å². The first kappa shape index (κ1) is 19.2. The molecule has 6 heteroatoms. The number of carbonyl (C=O) groups is 1. The molecule has 2 N–H and O–H groups in total. The van der Waals surface area contributed by atoms with Gasteiger partial charge < -0.3 is 15.5 Å². The molecule has 1 amide bonds. The first-order valence-electron chi connectivity index (χ1n) is 10.4. The van der Waals surface area contributed by atoms with Crippen LogP contribution in [0.1, 0.15) is 50.5 Å². The summed E-state index contributed by atoms with van der Waals surface area (Å²) in [6, 6.07) is 9.86. The third-order valence-corrected chi connectivity index (χ3v) is 7.13. The quantitative estimate of drug-likeness (QED) is 0.817. The Bertz CT molecular complexity index is 764. The van der Waals surface area contributed by atoms with E-state index in [-0.39, 0.29) is 36.5 Å². The molecular weight excluding hydrogens is 355 g/mol. The van der Waals surface area contributed by atoms with E-state index < -0.39 is 12.2 Å². The standard InChI is InChI=1S/C22H29FN4O/c1-16-4-2-3-5-19(16)26-22-9-6-21(7-10-22,8-11-22)25-14-20(28)27-15-17(23)12-18(27)13-24/h2-5,17-18,25-26H,6-12,14-15H2,1H3. The van der Waals surface area contributed by atoms with Gasteiger partial charge in [-0.25, -0.2) is 4.39 Å². The van der Waals surface area contributed by atoms with Crippen molar-refractivity contribution < 1.29 is 9.18 Å². The van der Waals surface area contributed by atoms with E-state index in [4.69, 9.17) is 5.26 Å². The van der Waals surface area contributed by atoms with Gasteiger partial charge in [0.25, 0.3) is 0 Å². The lowest BCUT2D eigenvalue weighted by atomic mass is 9.61. The fourth-order valence-electron chi connectivity index (χ4n) is 5.18. The van der Waals surface area contributed by atoms with Crippen molar-refractivity contribution in [2.45, 2.75) is 75.2 Å². The molecule has 5 rings (SSSR count).